The maximum atomic E-state index is 5.04. The number of aliphatic imine (C=N–C) groups is 1. The first-order valence-corrected chi connectivity index (χ1v) is 15.7. The monoisotopic (exact) mass is 588 g/mol. The van der Waals surface area contributed by atoms with Crippen molar-refractivity contribution in [1.82, 2.24) is 4.98 Å². The van der Waals surface area contributed by atoms with Crippen LogP contribution in [0.2, 0.25) is 0 Å². The number of rotatable bonds is 7. The summed E-state index contributed by atoms with van der Waals surface area (Å²) >= 11 is 0. The Morgan fingerprint density at radius 2 is 1.04 bits per heavy atom. The summed E-state index contributed by atoms with van der Waals surface area (Å²) < 4.78 is 0. The third-order valence-corrected chi connectivity index (χ3v) is 9.31. The molecule has 1 atom stereocenters. The molecule has 0 radical (unpaired) electrons. The number of fused-ring (bicyclic) bond motifs is 3. The van der Waals surface area contributed by atoms with E-state index in [1.54, 1.807) is 0 Å². The van der Waals surface area contributed by atoms with Crippen molar-refractivity contribution in [2.45, 2.75) is 11.5 Å². The van der Waals surface area contributed by atoms with E-state index >= 15 is 0 Å². The van der Waals surface area contributed by atoms with Crippen molar-refractivity contribution < 1.29 is 0 Å². The molecule has 0 spiro atoms. The Balaban J connectivity index is 1.31. The zero-order chi connectivity index (χ0) is 30.9. The van der Waals surface area contributed by atoms with Crippen molar-refractivity contribution in [2.75, 3.05) is 0 Å². The third kappa shape index (κ3) is 4.42. The molecule has 2 heteroatoms. The van der Waals surface area contributed by atoms with E-state index in [0.717, 1.165) is 33.6 Å². The second kappa shape index (κ2) is 11.6. The minimum Gasteiger partial charge on any atom is -0.288 e. The van der Waals surface area contributed by atoms with Crippen molar-refractivity contribution in [3.05, 3.63) is 209 Å². The molecular formula is C44H32N2. The van der Waals surface area contributed by atoms with Crippen LogP contribution in [0, 0.1) is 0 Å². The zero-order valence-electron chi connectivity index (χ0n) is 25.4. The van der Waals surface area contributed by atoms with Crippen LogP contribution in [0.4, 0.5) is 0 Å². The van der Waals surface area contributed by atoms with Gasteiger partial charge in [-0.05, 0) is 69.4 Å². The smallest absolute Gasteiger partial charge is 0.0998 e. The van der Waals surface area contributed by atoms with Crippen LogP contribution >= 0.6 is 0 Å². The number of pyridine rings is 1. The Kier molecular flexibility index (Phi) is 6.96. The normalized spacial score (nSPS) is 13.4. The topological polar surface area (TPSA) is 25.2 Å². The summed E-state index contributed by atoms with van der Waals surface area (Å²) in [7, 11) is 0. The van der Waals surface area contributed by atoms with Gasteiger partial charge in [0.25, 0.3) is 0 Å². The van der Waals surface area contributed by atoms with E-state index in [1.165, 1.54) is 33.4 Å². The molecule has 218 valence electrons. The molecule has 1 aromatic heterocycles. The Morgan fingerprint density at radius 3 is 1.74 bits per heavy atom. The third-order valence-electron chi connectivity index (χ3n) is 9.31. The highest BCUT2D eigenvalue weighted by Crippen LogP contribution is 2.58. The lowest BCUT2D eigenvalue weighted by Gasteiger charge is -2.34. The summed E-state index contributed by atoms with van der Waals surface area (Å²) in [6, 6.07) is 62.3. The van der Waals surface area contributed by atoms with Crippen LogP contribution in [0.3, 0.4) is 0 Å². The second-order valence-corrected chi connectivity index (χ2v) is 11.8. The molecule has 46 heavy (non-hydrogen) atoms. The first-order valence-electron chi connectivity index (χ1n) is 15.7. The molecule has 0 saturated heterocycles. The SMILES string of the molecule is C=NC(c1cccc(-c2cccc(-c3ccccc3)n2)c1)c1cccc2c1-c1ccccc1C2(c1ccccc1)c1ccccc1. The summed E-state index contributed by atoms with van der Waals surface area (Å²) in [5.74, 6) is 0. The number of benzene rings is 6. The molecule has 7 aromatic rings. The van der Waals surface area contributed by atoms with Gasteiger partial charge in [-0.1, -0.05) is 158 Å². The van der Waals surface area contributed by atoms with Crippen molar-refractivity contribution in [1.29, 1.82) is 0 Å². The van der Waals surface area contributed by atoms with E-state index in [-0.39, 0.29) is 6.04 Å². The predicted octanol–water partition coefficient (Wildman–Crippen LogP) is 10.6. The van der Waals surface area contributed by atoms with Crippen molar-refractivity contribution in [3.8, 4) is 33.6 Å². The van der Waals surface area contributed by atoms with E-state index in [4.69, 9.17) is 9.98 Å². The molecular weight excluding hydrogens is 556 g/mol. The zero-order valence-corrected chi connectivity index (χ0v) is 25.4. The Labute approximate surface area is 270 Å². The van der Waals surface area contributed by atoms with Gasteiger partial charge >= 0.3 is 0 Å². The van der Waals surface area contributed by atoms with Gasteiger partial charge < -0.3 is 0 Å². The number of hydrogen-bond donors (Lipinski definition) is 0. The van der Waals surface area contributed by atoms with Gasteiger partial charge in [0.15, 0.2) is 0 Å². The van der Waals surface area contributed by atoms with Crippen molar-refractivity contribution in [3.63, 3.8) is 0 Å². The number of nitrogens with zero attached hydrogens (tertiary/aromatic N) is 2. The Morgan fingerprint density at radius 1 is 0.500 bits per heavy atom. The van der Waals surface area contributed by atoms with Gasteiger partial charge in [0, 0.05) is 11.1 Å². The minimum absolute atomic E-state index is 0.261. The molecule has 0 saturated carbocycles. The number of aromatic nitrogens is 1. The maximum absolute atomic E-state index is 5.04. The van der Waals surface area contributed by atoms with Gasteiger partial charge in [-0.2, -0.15) is 0 Å². The summed E-state index contributed by atoms with van der Waals surface area (Å²) in [6.45, 7) is 4.14. The summed E-state index contributed by atoms with van der Waals surface area (Å²) in [6.07, 6.45) is 0. The quantitative estimate of drug-likeness (QED) is 0.170. The molecule has 0 N–H and O–H groups in total. The van der Waals surface area contributed by atoms with Crippen LogP contribution in [-0.2, 0) is 5.41 Å². The van der Waals surface area contributed by atoms with Crippen LogP contribution in [0.25, 0.3) is 33.6 Å². The fraction of sp³-hybridized carbons (Fsp3) is 0.0455. The lowest BCUT2D eigenvalue weighted by Crippen LogP contribution is -2.28. The van der Waals surface area contributed by atoms with Gasteiger partial charge in [0.05, 0.1) is 22.8 Å². The van der Waals surface area contributed by atoms with Crippen LogP contribution in [-0.4, -0.2) is 11.7 Å². The Hall–Kier alpha value is -5.86. The fourth-order valence-corrected chi connectivity index (χ4v) is 7.37. The van der Waals surface area contributed by atoms with Crippen LogP contribution in [0.1, 0.15) is 39.4 Å². The minimum atomic E-state index is -0.459. The molecule has 0 aliphatic heterocycles. The maximum Gasteiger partial charge on any atom is 0.0998 e. The van der Waals surface area contributed by atoms with E-state index in [9.17, 15) is 0 Å². The van der Waals surface area contributed by atoms with Gasteiger partial charge in [0.2, 0.25) is 0 Å². The average Bonchev–Trinajstić information content (AvgIpc) is 3.45. The van der Waals surface area contributed by atoms with Gasteiger partial charge in [0.1, 0.15) is 0 Å². The van der Waals surface area contributed by atoms with Crippen molar-refractivity contribution >= 4 is 6.72 Å². The van der Waals surface area contributed by atoms with E-state index in [2.05, 4.69) is 164 Å². The lowest BCUT2D eigenvalue weighted by molar-refractivity contribution is 0.766. The molecule has 6 aromatic carbocycles. The first kappa shape index (κ1) is 27.7. The molecule has 0 bridgehead atoms. The van der Waals surface area contributed by atoms with E-state index in [1.807, 2.05) is 18.2 Å². The lowest BCUT2D eigenvalue weighted by atomic mass is 9.67. The molecule has 1 unspecified atom stereocenters. The Bertz CT molecular complexity index is 2130. The van der Waals surface area contributed by atoms with Crippen molar-refractivity contribution in [2.24, 2.45) is 4.99 Å². The molecule has 1 aliphatic carbocycles. The molecule has 8 rings (SSSR count). The highest BCUT2D eigenvalue weighted by molar-refractivity contribution is 5.88. The van der Waals surface area contributed by atoms with Gasteiger partial charge in [-0.15, -0.1) is 0 Å². The van der Waals surface area contributed by atoms with Crippen LogP contribution in [0.15, 0.2) is 181 Å². The summed E-state index contributed by atoms with van der Waals surface area (Å²) in [5.41, 5.74) is 13.3. The molecule has 1 heterocycles. The molecule has 0 amide bonds. The number of hydrogen-bond acceptors (Lipinski definition) is 2. The van der Waals surface area contributed by atoms with Crippen LogP contribution in [0.5, 0.6) is 0 Å². The highest BCUT2D eigenvalue weighted by atomic mass is 14.8. The van der Waals surface area contributed by atoms with E-state index < -0.39 is 5.41 Å². The molecule has 0 fully saturated rings. The highest BCUT2D eigenvalue weighted by Gasteiger charge is 2.47. The van der Waals surface area contributed by atoms with E-state index in [0.29, 0.717) is 0 Å². The fourth-order valence-electron chi connectivity index (χ4n) is 7.37. The molecule has 2 nitrogen and oxygen atoms in total. The summed E-state index contributed by atoms with van der Waals surface area (Å²) in [4.78, 5) is 9.84. The van der Waals surface area contributed by atoms with Crippen LogP contribution < -0.4 is 0 Å². The largest absolute Gasteiger partial charge is 0.288 e. The van der Waals surface area contributed by atoms with Gasteiger partial charge in [-0.3, -0.25) is 4.99 Å². The second-order valence-electron chi connectivity index (χ2n) is 11.8. The predicted molar refractivity (Wildman–Crippen MR) is 190 cm³/mol. The first-order chi connectivity index (χ1) is 22.8. The standard InChI is InChI=1S/C44H32N2/c1-45-43(33-19-13-18-32(30-33)41-29-15-28-40(46-41)31-16-5-2-6-17-31)37-25-14-27-39-42(37)36-24-11-12-26-38(36)44(39,34-20-7-3-8-21-34)35-22-9-4-10-23-35/h2-30,43H,1H2. The average molecular weight is 589 g/mol. The van der Waals surface area contributed by atoms with Gasteiger partial charge in [-0.25, -0.2) is 4.98 Å². The molecule has 1 aliphatic rings. The summed E-state index contributed by atoms with van der Waals surface area (Å²) in [5, 5.41) is 0.